The molecule has 0 bridgehead atoms. The average Bonchev–Trinajstić information content (AvgIpc) is 2.04. The van der Waals surface area contributed by atoms with Crippen LogP contribution in [0.5, 0.6) is 0 Å². The molecule has 11 heavy (non-hydrogen) atoms. The molecule has 0 amide bonds. The van der Waals surface area contributed by atoms with Gasteiger partial charge in [-0.05, 0) is 6.54 Å². The molecule has 0 saturated carbocycles. The molecule has 0 aromatic heterocycles. The molecule has 0 aliphatic rings. The Labute approximate surface area is 68.9 Å². The third-order valence-electron chi connectivity index (χ3n) is 1.63. The molecule has 68 valence electrons. The van der Waals surface area contributed by atoms with Gasteiger partial charge in [-0.3, -0.25) is 0 Å². The molecule has 4 nitrogen and oxygen atoms in total. The van der Waals surface area contributed by atoms with Crippen molar-refractivity contribution in [3.05, 3.63) is 0 Å². The zero-order valence-electron chi connectivity index (χ0n) is 7.42. The van der Waals surface area contributed by atoms with Crippen molar-refractivity contribution in [2.24, 2.45) is 5.73 Å². The van der Waals surface area contributed by atoms with Gasteiger partial charge < -0.3 is 19.3 Å². The molecule has 0 spiro atoms. The van der Waals surface area contributed by atoms with Crippen LogP contribution in [0.15, 0.2) is 0 Å². The van der Waals surface area contributed by atoms with E-state index in [0.29, 0.717) is 12.8 Å². The molecule has 0 aliphatic heterocycles. The number of rotatable bonds is 6. The summed E-state index contributed by atoms with van der Waals surface area (Å²) >= 11 is 0. The van der Waals surface area contributed by atoms with Gasteiger partial charge in [0.05, 0.1) is 6.23 Å². The van der Waals surface area contributed by atoms with Crippen molar-refractivity contribution in [3.63, 3.8) is 0 Å². The first-order valence-electron chi connectivity index (χ1n) is 3.54. The third-order valence-corrected chi connectivity index (χ3v) is 4.90. The maximum Gasteiger partial charge on any atom is 0.365 e. The highest BCUT2D eigenvalue weighted by Crippen LogP contribution is 2.10. The summed E-state index contributed by atoms with van der Waals surface area (Å²) in [6.07, 6.45) is 0.539. The first-order valence-corrected chi connectivity index (χ1v) is 5.77. The first-order chi connectivity index (χ1) is 5.24. The van der Waals surface area contributed by atoms with Crippen molar-refractivity contribution in [2.45, 2.75) is 6.04 Å². The van der Waals surface area contributed by atoms with Crippen molar-refractivity contribution >= 4 is 8.56 Å². The van der Waals surface area contributed by atoms with E-state index in [1.807, 2.05) is 0 Å². The van der Waals surface area contributed by atoms with Crippen molar-refractivity contribution < 1.29 is 13.6 Å². The van der Waals surface area contributed by atoms with Crippen molar-refractivity contribution in [3.8, 4) is 0 Å². The van der Waals surface area contributed by atoms with E-state index in [-0.39, 0.29) is 0 Å². The number of hydrogen-bond acceptors (Lipinski definition) is 4. The zero-order chi connectivity index (χ0) is 8.74. The molecule has 0 rings (SSSR count). The standard InChI is InChI=1S/C6H17NO3Si/c1-8-6-11(9-2,10-3)5-4-7/h4-7H2,1-3H3. The molecule has 0 aromatic carbocycles. The van der Waals surface area contributed by atoms with E-state index in [4.69, 9.17) is 19.3 Å². The van der Waals surface area contributed by atoms with Gasteiger partial charge >= 0.3 is 8.56 Å². The van der Waals surface area contributed by atoms with E-state index in [1.165, 1.54) is 0 Å². The molecule has 0 radical (unpaired) electrons. The summed E-state index contributed by atoms with van der Waals surface area (Å²) < 4.78 is 15.6. The molecule has 0 atom stereocenters. The fraction of sp³-hybridized carbons (Fsp3) is 1.00. The minimum Gasteiger partial charge on any atom is -0.396 e. The Balaban J connectivity index is 3.96. The van der Waals surface area contributed by atoms with Gasteiger partial charge in [0.25, 0.3) is 0 Å². The molecule has 0 aliphatic carbocycles. The Morgan fingerprint density at radius 2 is 1.73 bits per heavy atom. The van der Waals surface area contributed by atoms with E-state index in [2.05, 4.69) is 0 Å². The molecule has 0 fully saturated rings. The van der Waals surface area contributed by atoms with Crippen LogP contribution in [0.4, 0.5) is 0 Å². The molecule has 5 heteroatoms. The van der Waals surface area contributed by atoms with Crippen molar-refractivity contribution in [1.82, 2.24) is 0 Å². The predicted molar refractivity (Wildman–Crippen MR) is 45.5 cm³/mol. The Bertz CT molecular complexity index is 89.8. The van der Waals surface area contributed by atoms with Gasteiger partial charge in [-0.25, -0.2) is 0 Å². The Morgan fingerprint density at radius 3 is 2.00 bits per heavy atom. The summed E-state index contributed by atoms with van der Waals surface area (Å²) in [5.41, 5.74) is 5.42. The lowest BCUT2D eigenvalue weighted by atomic mass is 10.8. The van der Waals surface area contributed by atoms with Crippen molar-refractivity contribution in [1.29, 1.82) is 0 Å². The van der Waals surface area contributed by atoms with Crippen LogP contribution in [-0.2, 0) is 13.6 Å². The maximum atomic E-state index is 5.42. The normalized spacial score (nSPS) is 12.0. The van der Waals surface area contributed by atoms with E-state index < -0.39 is 8.56 Å². The highest BCUT2D eigenvalue weighted by molar-refractivity contribution is 6.67. The molecular weight excluding hydrogens is 162 g/mol. The minimum absolute atomic E-state index is 0.539. The van der Waals surface area contributed by atoms with Crippen LogP contribution in [0.1, 0.15) is 0 Å². The molecule has 0 aromatic rings. The lowest BCUT2D eigenvalue weighted by Gasteiger charge is -2.25. The predicted octanol–water partition coefficient (Wildman–Crippen LogP) is -0.134. The molecule has 0 saturated heterocycles. The van der Waals surface area contributed by atoms with Crippen LogP contribution < -0.4 is 5.73 Å². The summed E-state index contributed by atoms with van der Waals surface area (Å²) in [5.74, 6) is 0. The zero-order valence-corrected chi connectivity index (χ0v) is 8.42. The molecule has 2 N–H and O–H groups in total. The minimum atomic E-state index is -2.09. The average molecular weight is 179 g/mol. The van der Waals surface area contributed by atoms with Crippen LogP contribution in [-0.4, -0.2) is 42.7 Å². The summed E-state index contributed by atoms with van der Waals surface area (Å²) in [6, 6.07) is 0.772. The second-order valence-corrected chi connectivity index (χ2v) is 5.72. The summed E-state index contributed by atoms with van der Waals surface area (Å²) in [6.45, 7) is 0.581. The summed E-state index contributed by atoms with van der Waals surface area (Å²) in [7, 11) is 2.83. The number of hydrogen-bond donors (Lipinski definition) is 1. The summed E-state index contributed by atoms with van der Waals surface area (Å²) in [4.78, 5) is 0. The van der Waals surface area contributed by atoms with E-state index >= 15 is 0 Å². The number of ether oxygens (including phenoxy) is 1. The third kappa shape index (κ3) is 3.30. The van der Waals surface area contributed by atoms with Crippen LogP contribution in [0.3, 0.4) is 0 Å². The van der Waals surface area contributed by atoms with Crippen LogP contribution >= 0.6 is 0 Å². The topological polar surface area (TPSA) is 53.7 Å². The fourth-order valence-corrected chi connectivity index (χ4v) is 2.75. The Kier molecular flexibility index (Phi) is 5.70. The highest BCUT2D eigenvalue weighted by atomic mass is 28.4. The Morgan fingerprint density at radius 1 is 1.18 bits per heavy atom. The lowest BCUT2D eigenvalue weighted by Crippen LogP contribution is -2.46. The SMILES string of the molecule is COC[Si](CCN)(OC)OC. The fourth-order valence-electron chi connectivity index (χ4n) is 0.917. The van der Waals surface area contributed by atoms with E-state index in [9.17, 15) is 0 Å². The number of methoxy groups -OCH3 is 1. The quantitative estimate of drug-likeness (QED) is 0.577. The molecule has 0 heterocycles. The Hall–Kier alpha value is 0.0569. The van der Waals surface area contributed by atoms with Gasteiger partial charge in [0, 0.05) is 27.4 Å². The maximum absolute atomic E-state index is 5.42. The van der Waals surface area contributed by atoms with Gasteiger partial charge in [-0.15, -0.1) is 0 Å². The highest BCUT2D eigenvalue weighted by Gasteiger charge is 2.34. The monoisotopic (exact) mass is 179 g/mol. The van der Waals surface area contributed by atoms with E-state index in [1.54, 1.807) is 21.3 Å². The molecular formula is C6H17NO3Si. The van der Waals surface area contributed by atoms with Gasteiger partial charge in [0.2, 0.25) is 0 Å². The lowest BCUT2D eigenvalue weighted by molar-refractivity contribution is 0.163. The first kappa shape index (κ1) is 11.1. The van der Waals surface area contributed by atoms with Crippen molar-refractivity contribution in [2.75, 3.05) is 34.1 Å². The van der Waals surface area contributed by atoms with Crippen LogP contribution in [0.2, 0.25) is 6.04 Å². The van der Waals surface area contributed by atoms with Crippen LogP contribution in [0, 0.1) is 0 Å². The second kappa shape index (κ2) is 5.67. The van der Waals surface area contributed by atoms with Gasteiger partial charge in [0.1, 0.15) is 0 Å². The van der Waals surface area contributed by atoms with Gasteiger partial charge in [-0.1, -0.05) is 0 Å². The summed E-state index contributed by atoms with van der Waals surface area (Å²) in [5, 5.41) is 0. The van der Waals surface area contributed by atoms with Crippen LogP contribution in [0.25, 0.3) is 0 Å². The van der Waals surface area contributed by atoms with E-state index in [0.717, 1.165) is 6.04 Å². The largest absolute Gasteiger partial charge is 0.396 e. The second-order valence-electron chi connectivity index (χ2n) is 2.29. The van der Waals surface area contributed by atoms with Gasteiger partial charge in [-0.2, -0.15) is 0 Å². The molecule has 0 unspecified atom stereocenters. The smallest absolute Gasteiger partial charge is 0.365 e. The van der Waals surface area contributed by atoms with Gasteiger partial charge in [0.15, 0.2) is 0 Å². The number of nitrogens with two attached hydrogens (primary N) is 1.